The van der Waals surface area contributed by atoms with Crippen molar-refractivity contribution >= 4 is 12.0 Å². The minimum atomic E-state index is 0.292. The second kappa shape index (κ2) is 5.16. The second-order valence-electron chi connectivity index (χ2n) is 4.65. The van der Waals surface area contributed by atoms with E-state index in [2.05, 4.69) is 47.0 Å². The largest absolute Gasteiger partial charge is 0.306 e. The van der Waals surface area contributed by atoms with Gasteiger partial charge in [0.1, 0.15) is 0 Å². The average Bonchev–Trinajstić information content (AvgIpc) is 2.85. The van der Waals surface area contributed by atoms with Gasteiger partial charge in [-0.2, -0.15) is 5.10 Å². The molecule has 1 unspecified atom stereocenters. The highest BCUT2D eigenvalue weighted by Gasteiger charge is 2.19. The molecular formula is C14H16N2OS. The Morgan fingerprint density at radius 1 is 1.28 bits per heavy atom. The molecule has 0 N–H and O–H groups in total. The highest BCUT2D eigenvalue weighted by Crippen LogP contribution is 2.26. The summed E-state index contributed by atoms with van der Waals surface area (Å²) >= 11 is 1.48. The molecule has 3 nitrogen and oxygen atoms in total. The van der Waals surface area contributed by atoms with Crippen LogP contribution in [0.1, 0.15) is 17.7 Å². The summed E-state index contributed by atoms with van der Waals surface area (Å²) in [6.07, 6.45) is 4.15. The first-order valence-corrected chi connectivity index (χ1v) is 6.96. The summed E-state index contributed by atoms with van der Waals surface area (Å²) in [6, 6.07) is 10.5. The normalized spacial score (nSPS) is 18.6. The van der Waals surface area contributed by atoms with Crippen LogP contribution in [0, 0.1) is 6.92 Å². The monoisotopic (exact) mass is 260 g/mol. The van der Waals surface area contributed by atoms with Crippen molar-refractivity contribution in [2.75, 3.05) is 0 Å². The van der Waals surface area contributed by atoms with Gasteiger partial charge in [-0.15, -0.1) is 0 Å². The van der Waals surface area contributed by atoms with Crippen LogP contribution in [0.15, 0.2) is 41.4 Å². The van der Waals surface area contributed by atoms with E-state index < -0.39 is 0 Å². The van der Waals surface area contributed by atoms with E-state index in [1.165, 1.54) is 28.2 Å². The van der Waals surface area contributed by atoms with Gasteiger partial charge in [0.25, 0.3) is 0 Å². The standard InChI is InChI=1S/C14H16N2OS/c1-11-2-4-14(5-3-11)18-17-13-7-9-16-12(10-13)6-8-15-16/h2-6,8,13H,7,9-10H2,1H3. The molecule has 0 amide bonds. The molecular weight excluding hydrogens is 244 g/mol. The van der Waals surface area contributed by atoms with Gasteiger partial charge < -0.3 is 4.18 Å². The van der Waals surface area contributed by atoms with E-state index in [1.54, 1.807) is 0 Å². The third-order valence-electron chi connectivity index (χ3n) is 3.21. The lowest BCUT2D eigenvalue weighted by Crippen LogP contribution is -2.24. The Balaban J connectivity index is 1.57. The van der Waals surface area contributed by atoms with Crippen molar-refractivity contribution < 1.29 is 4.18 Å². The second-order valence-corrected chi connectivity index (χ2v) is 5.48. The molecule has 2 aromatic rings. The molecule has 1 aliphatic heterocycles. The fourth-order valence-corrected chi connectivity index (χ4v) is 2.79. The minimum Gasteiger partial charge on any atom is -0.306 e. The van der Waals surface area contributed by atoms with E-state index in [0.717, 1.165) is 19.4 Å². The van der Waals surface area contributed by atoms with Gasteiger partial charge in [-0.25, -0.2) is 0 Å². The summed E-state index contributed by atoms with van der Waals surface area (Å²) in [5, 5.41) is 4.27. The summed E-state index contributed by atoms with van der Waals surface area (Å²) in [5.41, 5.74) is 2.55. The Hall–Kier alpha value is -1.26. The van der Waals surface area contributed by atoms with Crippen LogP contribution in [-0.2, 0) is 17.1 Å². The van der Waals surface area contributed by atoms with Crippen molar-refractivity contribution in [3.8, 4) is 0 Å². The Bertz CT molecular complexity index is 521. The molecule has 1 aromatic carbocycles. The number of nitrogens with zero attached hydrogens (tertiary/aromatic N) is 2. The number of hydrogen-bond acceptors (Lipinski definition) is 3. The maximum Gasteiger partial charge on any atom is 0.0799 e. The number of fused-ring (bicyclic) bond motifs is 1. The quantitative estimate of drug-likeness (QED) is 0.793. The van der Waals surface area contributed by atoms with Gasteiger partial charge in [-0.3, -0.25) is 4.68 Å². The molecule has 1 aromatic heterocycles. The lowest BCUT2D eigenvalue weighted by Gasteiger charge is -2.22. The predicted octanol–water partition coefficient (Wildman–Crippen LogP) is 3.23. The SMILES string of the molecule is Cc1ccc(SOC2CCn3nccc3C2)cc1. The van der Waals surface area contributed by atoms with Gasteiger partial charge in [0.15, 0.2) is 0 Å². The fraction of sp³-hybridized carbons (Fsp3) is 0.357. The molecule has 94 valence electrons. The maximum absolute atomic E-state index is 5.91. The summed E-state index contributed by atoms with van der Waals surface area (Å²) in [4.78, 5) is 1.17. The van der Waals surface area contributed by atoms with Crippen LogP contribution in [0.2, 0.25) is 0 Å². The topological polar surface area (TPSA) is 27.1 Å². The van der Waals surface area contributed by atoms with Crippen LogP contribution in [0.25, 0.3) is 0 Å². The van der Waals surface area contributed by atoms with Crippen molar-refractivity contribution in [1.29, 1.82) is 0 Å². The van der Waals surface area contributed by atoms with Gasteiger partial charge in [0.05, 0.1) is 6.10 Å². The van der Waals surface area contributed by atoms with E-state index in [9.17, 15) is 0 Å². The number of benzene rings is 1. The number of aryl methyl sites for hydroxylation is 2. The van der Waals surface area contributed by atoms with E-state index in [-0.39, 0.29) is 0 Å². The molecule has 0 radical (unpaired) electrons. The van der Waals surface area contributed by atoms with E-state index >= 15 is 0 Å². The fourth-order valence-electron chi connectivity index (χ4n) is 2.14. The van der Waals surface area contributed by atoms with E-state index in [0.29, 0.717) is 6.10 Å². The maximum atomic E-state index is 5.91. The van der Waals surface area contributed by atoms with Crippen molar-refractivity contribution in [2.24, 2.45) is 0 Å². The lowest BCUT2D eigenvalue weighted by molar-refractivity contribution is 0.196. The third kappa shape index (κ3) is 2.60. The average molecular weight is 260 g/mol. The van der Waals surface area contributed by atoms with Crippen LogP contribution < -0.4 is 0 Å². The van der Waals surface area contributed by atoms with E-state index in [1.807, 2.05) is 6.20 Å². The molecule has 0 saturated heterocycles. The van der Waals surface area contributed by atoms with Crippen molar-refractivity contribution in [3.05, 3.63) is 47.8 Å². The molecule has 4 heteroatoms. The molecule has 0 bridgehead atoms. The first-order valence-electron chi connectivity index (χ1n) is 6.22. The molecule has 3 rings (SSSR count). The minimum absolute atomic E-state index is 0.292. The first-order chi connectivity index (χ1) is 8.81. The van der Waals surface area contributed by atoms with Gasteiger partial charge in [-0.05, 0) is 31.5 Å². The highest BCUT2D eigenvalue weighted by atomic mass is 32.2. The van der Waals surface area contributed by atoms with Gasteiger partial charge in [0, 0.05) is 41.8 Å². The van der Waals surface area contributed by atoms with Gasteiger partial charge in [0.2, 0.25) is 0 Å². The molecule has 0 fully saturated rings. The summed E-state index contributed by atoms with van der Waals surface area (Å²) < 4.78 is 7.98. The zero-order chi connectivity index (χ0) is 12.4. The Morgan fingerprint density at radius 2 is 2.11 bits per heavy atom. The molecule has 1 aliphatic rings. The van der Waals surface area contributed by atoms with Crippen molar-refractivity contribution in [1.82, 2.24) is 9.78 Å². The molecule has 18 heavy (non-hydrogen) atoms. The number of aromatic nitrogens is 2. The van der Waals surface area contributed by atoms with Crippen LogP contribution in [0.5, 0.6) is 0 Å². The molecule has 0 aliphatic carbocycles. The van der Waals surface area contributed by atoms with Crippen LogP contribution in [-0.4, -0.2) is 15.9 Å². The Morgan fingerprint density at radius 3 is 2.94 bits per heavy atom. The number of rotatable bonds is 3. The first kappa shape index (κ1) is 11.8. The third-order valence-corrected chi connectivity index (χ3v) is 4.04. The van der Waals surface area contributed by atoms with Crippen molar-refractivity contribution in [3.63, 3.8) is 0 Å². The zero-order valence-electron chi connectivity index (χ0n) is 10.4. The summed E-state index contributed by atoms with van der Waals surface area (Å²) in [7, 11) is 0. The summed E-state index contributed by atoms with van der Waals surface area (Å²) in [5.74, 6) is 0. The predicted molar refractivity (Wildman–Crippen MR) is 72.5 cm³/mol. The lowest BCUT2D eigenvalue weighted by atomic mass is 10.1. The van der Waals surface area contributed by atoms with Crippen LogP contribution in [0.4, 0.5) is 0 Å². The molecule has 0 spiro atoms. The van der Waals surface area contributed by atoms with E-state index in [4.69, 9.17) is 4.18 Å². The van der Waals surface area contributed by atoms with Gasteiger partial charge >= 0.3 is 0 Å². The zero-order valence-corrected chi connectivity index (χ0v) is 11.2. The Labute approximate surface area is 111 Å². The Kier molecular flexibility index (Phi) is 3.39. The summed E-state index contributed by atoms with van der Waals surface area (Å²) in [6.45, 7) is 3.05. The van der Waals surface area contributed by atoms with Crippen LogP contribution in [0.3, 0.4) is 0 Å². The molecule has 1 atom stereocenters. The number of hydrogen-bond donors (Lipinski definition) is 0. The van der Waals surface area contributed by atoms with Gasteiger partial charge in [-0.1, -0.05) is 17.7 Å². The smallest absolute Gasteiger partial charge is 0.0799 e. The molecule has 0 saturated carbocycles. The van der Waals surface area contributed by atoms with Crippen LogP contribution >= 0.6 is 12.0 Å². The molecule has 2 heterocycles. The highest BCUT2D eigenvalue weighted by molar-refractivity contribution is 7.94. The van der Waals surface area contributed by atoms with Crippen molar-refractivity contribution in [2.45, 2.75) is 37.3 Å².